The molecule has 0 aliphatic rings. The van der Waals surface area contributed by atoms with Gasteiger partial charge in [0.2, 0.25) is 0 Å². The van der Waals surface area contributed by atoms with Crippen LogP contribution in [0.15, 0.2) is 36.7 Å². The van der Waals surface area contributed by atoms with Crippen LogP contribution in [-0.4, -0.2) is 20.9 Å². The molecule has 0 saturated heterocycles. The van der Waals surface area contributed by atoms with E-state index in [9.17, 15) is 9.18 Å². The molecular formula is C13H11FN2O3. The number of aryl methyl sites for hydroxylation is 1. The number of aliphatic carboxylic acids is 1. The molecule has 2 aromatic rings. The number of ether oxygens (including phenoxy) is 1. The molecule has 0 saturated carbocycles. The second kappa shape index (κ2) is 5.34. The molecule has 1 heterocycles. The highest BCUT2D eigenvalue weighted by molar-refractivity contribution is 5.85. The van der Waals surface area contributed by atoms with Crippen molar-refractivity contribution in [2.24, 2.45) is 7.05 Å². The molecule has 5 nitrogen and oxygen atoms in total. The van der Waals surface area contributed by atoms with Crippen LogP contribution in [0.4, 0.5) is 4.39 Å². The zero-order valence-electron chi connectivity index (χ0n) is 10.1. The number of benzene rings is 1. The maximum Gasteiger partial charge on any atom is 0.328 e. The smallest absolute Gasteiger partial charge is 0.328 e. The number of carboxylic acid groups (broad SMARTS) is 1. The molecule has 0 amide bonds. The Balaban J connectivity index is 2.23. The summed E-state index contributed by atoms with van der Waals surface area (Å²) in [5, 5.41) is 12.5. The van der Waals surface area contributed by atoms with Gasteiger partial charge < -0.3 is 9.84 Å². The van der Waals surface area contributed by atoms with Crippen molar-refractivity contribution in [2.45, 2.75) is 0 Å². The van der Waals surface area contributed by atoms with Crippen LogP contribution in [0.3, 0.4) is 0 Å². The van der Waals surface area contributed by atoms with Crippen molar-refractivity contribution >= 4 is 12.0 Å². The third-order valence-electron chi connectivity index (χ3n) is 2.23. The Morgan fingerprint density at radius 2 is 2.21 bits per heavy atom. The fraction of sp³-hybridized carbons (Fsp3) is 0.0769. The normalized spacial score (nSPS) is 10.8. The summed E-state index contributed by atoms with van der Waals surface area (Å²) in [6.07, 6.45) is 5.36. The Hall–Kier alpha value is -2.63. The third kappa shape index (κ3) is 3.67. The first-order chi connectivity index (χ1) is 9.02. The topological polar surface area (TPSA) is 64.3 Å². The summed E-state index contributed by atoms with van der Waals surface area (Å²) in [5.74, 6) is -0.857. The van der Waals surface area contributed by atoms with Gasteiger partial charge in [0.25, 0.3) is 0 Å². The van der Waals surface area contributed by atoms with Crippen LogP contribution in [0.1, 0.15) is 5.56 Å². The zero-order chi connectivity index (χ0) is 13.8. The van der Waals surface area contributed by atoms with Gasteiger partial charge in [-0.05, 0) is 23.8 Å². The lowest BCUT2D eigenvalue weighted by Crippen LogP contribution is -1.88. The van der Waals surface area contributed by atoms with Crippen LogP contribution in [0.25, 0.3) is 6.08 Å². The summed E-state index contributed by atoms with van der Waals surface area (Å²) in [5.41, 5.74) is 0.404. The first kappa shape index (κ1) is 12.8. The summed E-state index contributed by atoms with van der Waals surface area (Å²) >= 11 is 0. The first-order valence-corrected chi connectivity index (χ1v) is 5.41. The molecule has 1 aromatic carbocycles. The standard InChI is InChI=1S/C13H11FN2O3/c1-16-8-12(7-15-16)19-11-5-9(2-3-13(17)18)4-10(14)6-11/h2-8H,1H3,(H,17,18)/b3-2+. The summed E-state index contributed by atoms with van der Waals surface area (Å²) < 4.78 is 20.4. The van der Waals surface area contributed by atoms with Crippen LogP contribution in [-0.2, 0) is 11.8 Å². The molecule has 1 N–H and O–H groups in total. The fourth-order valence-electron chi connectivity index (χ4n) is 1.49. The number of halogens is 1. The Morgan fingerprint density at radius 3 is 2.84 bits per heavy atom. The van der Waals surface area contributed by atoms with Crippen LogP contribution in [0.2, 0.25) is 0 Å². The van der Waals surface area contributed by atoms with Crippen molar-refractivity contribution in [3.05, 3.63) is 48.0 Å². The van der Waals surface area contributed by atoms with Gasteiger partial charge in [-0.1, -0.05) is 0 Å². The zero-order valence-corrected chi connectivity index (χ0v) is 10.1. The van der Waals surface area contributed by atoms with Crippen LogP contribution >= 0.6 is 0 Å². The van der Waals surface area contributed by atoms with E-state index in [2.05, 4.69) is 5.10 Å². The highest BCUT2D eigenvalue weighted by Crippen LogP contribution is 2.23. The molecule has 6 heteroatoms. The summed E-state index contributed by atoms with van der Waals surface area (Å²) in [7, 11) is 1.74. The lowest BCUT2D eigenvalue weighted by Gasteiger charge is -2.04. The average molecular weight is 262 g/mol. The minimum Gasteiger partial charge on any atom is -0.478 e. The molecule has 0 aliphatic heterocycles. The van der Waals surface area contributed by atoms with Gasteiger partial charge in [-0.2, -0.15) is 5.10 Å². The molecule has 0 spiro atoms. The fourth-order valence-corrected chi connectivity index (χ4v) is 1.49. The Bertz CT molecular complexity index is 635. The van der Waals surface area contributed by atoms with E-state index in [1.165, 1.54) is 30.5 Å². The number of carboxylic acids is 1. The minimum absolute atomic E-state index is 0.276. The maximum atomic E-state index is 13.4. The van der Waals surface area contributed by atoms with Crippen molar-refractivity contribution in [1.82, 2.24) is 9.78 Å². The molecule has 1 aromatic heterocycles. The van der Waals surface area contributed by atoms with Gasteiger partial charge in [0.15, 0.2) is 5.75 Å². The van der Waals surface area contributed by atoms with E-state index in [0.29, 0.717) is 11.3 Å². The Kier molecular flexibility index (Phi) is 3.61. The minimum atomic E-state index is -1.10. The summed E-state index contributed by atoms with van der Waals surface area (Å²) in [6, 6.07) is 3.97. The molecule has 0 radical (unpaired) electrons. The van der Waals surface area contributed by atoms with Gasteiger partial charge >= 0.3 is 5.97 Å². The monoisotopic (exact) mass is 262 g/mol. The number of nitrogens with zero attached hydrogens (tertiary/aromatic N) is 2. The van der Waals surface area contributed by atoms with Gasteiger partial charge in [-0.15, -0.1) is 0 Å². The predicted octanol–water partition coefficient (Wildman–Crippen LogP) is 2.45. The average Bonchev–Trinajstić information content (AvgIpc) is 2.71. The van der Waals surface area contributed by atoms with Crippen LogP contribution in [0.5, 0.6) is 11.5 Å². The molecule has 0 atom stereocenters. The van der Waals surface area contributed by atoms with Crippen molar-refractivity contribution < 1.29 is 19.0 Å². The van der Waals surface area contributed by atoms with Crippen LogP contribution in [0, 0.1) is 5.82 Å². The van der Waals surface area contributed by atoms with Gasteiger partial charge in [-0.3, -0.25) is 4.68 Å². The largest absolute Gasteiger partial charge is 0.478 e. The predicted molar refractivity (Wildman–Crippen MR) is 66.4 cm³/mol. The van der Waals surface area contributed by atoms with Crippen molar-refractivity contribution in [1.29, 1.82) is 0 Å². The van der Waals surface area contributed by atoms with E-state index in [0.717, 1.165) is 6.08 Å². The number of hydrogen-bond donors (Lipinski definition) is 1. The Labute approximate surface area is 108 Å². The molecule has 0 unspecified atom stereocenters. The van der Waals surface area contributed by atoms with Gasteiger partial charge in [0, 0.05) is 19.2 Å². The van der Waals surface area contributed by atoms with E-state index >= 15 is 0 Å². The van der Waals surface area contributed by atoms with Gasteiger partial charge in [0.1, 0.15) is 11.6 Å². The van der Waals surface area contributed by atoms with Crippen molar-refractivity contribution in [2.75, 3.05) is 0 Å². The molecule has 2 rings (SSSR count). The molecule has 98 valence electrons. The first-order valence-electron chi connectivity index (χ1n) is 5.41. The lowest BCUT2D eigenvalue weighted by atomic mass is 10.2. The van der Waals surface area contributed by atoms with E-state index in [-0.39, 0.29) is 5.75 Å². The lowest BCUT2D eigenvalue weighted by molar-refractivity contribution is -0.131. The van der Waals surface area contributed by atoms with E-state index in [1.54, 1.807) is 17.9 Å². The quantitative estimate of drug-likeness (QED) is 0.859. The van der Waals surface area contributed by atoms with Crippen molar-refractivity contribution in [3.8, 4) is 11.5 Å². The van der Waals surface area contributed by atoms with E-state index < -0.39 is 11.8 Å². The number of hydrogen-bond acceptors (Lipinski definition) is 3. The van der Waals surface area contributed by atoms with E-state index in [4.69, 9.17) is 9.84 Å². The second-order valence-electron chi connectivity index (χ2n) is 3.84. The van der Waals surface area contributed by atoms with Gasteiger partial charge in [-0.25, -0.2) is 9.18 Å². The van der Waals surface area contributed by atoms with Gasteiger partial charge in [0.05, 0.1) is 12.4 Å². The molecule has 19 heavy (non-hydrogen) atoms. The highest BCUT2D eigenvalue weighted by atomic mass is 19.1. The molecule has 0 bridgehead atoms. The summed E-state index contributed by atoms with van der Waals surface area (Å²) in [4.78, 5) is 10.4. The van der Waals surface area contributed by atoms with E-state index in [1.807, 2.05) is 0 Å². The third-order valence-corrected chi connectivity index (χ3v) is 2.23. The Morgan fingerprint density at radius 1 is 1.42 bits per heavy atom. The number of rotatable bonds is 4. The highest BCUT2D eigenvalue weighted by Gasteiger charge is 2.03. The maximum absolute atomic E-state index is 13.4. The second-order valence-corrected chi connectivity index (χ2v) is 3.84. The van der Waals surface area contributed by atoms with Crippen LogP contribution < -0.4 is 4.74 Å². The molecule has 0 fully saturated rings. The SMILES string of the molecule is Cn1cc(Oc2cc(F)cc(/C=C/C(=O)O)c2)cn1. The molecular weight excluding hydrogens is 251 g/mol. The summed E-state index contributed by atoms with van der Waals surface area (Å²) in [6.45, 7) is 0. The molecule has 0 aliphatic carbocycles. The number of carbonyl (C=O) groups is 1. The van der Waals surface area contributed by atoms with Crippen molar-refractivity contribution in [3.63, 3.8) is 0 Å². The number of aromatic nitrogens is 2.